The Bertz CT molecular complexity index is 983. The molecule has 0 unspecified atom stereocenters. The summed E-state index contributed by atoms with van der Waals surface area (Å²) in [7, 11) is 1.54. The molecule has 2 heterocycles. The van der Waals surface area contributed by atoms with Crippen molar-refractivity contribution < 1.29 is 18.7 Å². The molecule has 2 aromatic heterocycles. The molecule has 0 fully saturated rings. The first-order valence-corrected chi connectivity index (χ1v) is 9.57. The standard InChI is InChI=1S/C18H16BrN3O4S/c1-10(23)20-8-12-4-6-16(26-12)15-9-27-18(21-15)22-17(24)13-7-11(25-2)3-5-14(13)19/h3-7,9H,8H2,1-2H3,(H,20,23)(H,21,22,24). The number of aromatic nitrogens is 1. The number of halogens is 1. The Morgan fingerprint density at radius 2 is 2.11 bits per heavy atom. The number of nitrogens with zero attached hydrogens (tertiary/aromatic N) is 1. The fraction of sp³-hybridized carbons (Fsp3) is 0.167. The number of carbonyl (C=O) groups is 2. The van der Waals surface area contributed by atoms with Gasteiger partial charge in [0, 0.05) is 16.8 Å². The predicted octanol–water partition coefficient (Wildman–Crippen LogP) is 4.06. The zero-order chi connectivity index (χ0) is 19.4. The Labute approximate surface area is 167 Å². The second-order valence-corrected chi connectivity index (χ2v) is 7.23. The Hall–Kier alpha value is -2.65. The molecule has 3 rings (SSSR count). The van der Waals surface area contributed by atoms with Gasteiger partial charge in [0.05, 0.1) is 19.2 Å². The fourth-order valence-corrected chi connectivity index (χ4v) is 3.36. The number of ether oxygens (including phenoxy) is 1. The van der Waals surface area contributed by atoms with Crippen LogP contribution in [0.15, 0.2) is 44.6 Å². The molecule has 2 N–H and O–H groups in total. The van der Waals surface area contributed by atoms with E-state index in [0.29, 0.717) is 44.7 Å². The van der Waals surface area contributed by atoms with Gasteiger partial charge in [0.15, 0.2) is 10.9 Å². The molecule has 27 heavy (non-hydrogen) atoms. The van der Waals surface area contributed by atoms with Crippen molar-refractivity contribution >= 4 is 44.2 Å². The van der Waals surface area contributed by atoms with Crippen LogP contribution in [-0.2, 0) is 11.3 Å². The van der Waals surface area contributed by atoms with Gasteiger partial charge in [-0.3, -0.25) is 14.9 Å². The van der Waals surface area contributed by atoms with Crippen LogP contribution in [0.1, 0.15) is 23.0 Å². The summed E-state index contributed by atoms with van der Waals surface area (Å²) in [6, 6.07) is 8.71. The monoisotopic (exact) mass is 449 g/mol. The minimum absolute atomic E-state index is 0.129. The lowest BCUT2D eigenvalue weighted by atomic mass is 10.2. The van der Waals surface area contributed by atoms with Crippen molar-refractivity contribution in [2.24, 2.45) is 0 Å². The van der Waals surface area contributed by atoms with E-state index in [1.807, 2.05) is 0 Å². The van der Waals surface area contributed by atoms with Gasteiger partial charge in [0.1, 0.15) is 17.2 Å². The lowest BCUT2D eigenvalue weighted by Gasteiger charge is -2.06. The molecule has 1 aromatic carbocycles. The summed E-state index contributed by atoms with van der Waals surface area (Å²) in [5, 5.41) is 7.68. The number of furan rings is 1. The third-order valence-corrected chi connectivity index (χ3v) is 5.02. The van der Waals surface area contributed by atoms with Crippen molar-refractivity contribution in [3.63, 3.8) is 0 Å². The summed E-state index contributed by atoms with van der Waals surface area (Å²) >= 11 is 4.66. The lowest BCUT2D eigenvalue weighted by Crippen LogP contribution is -2.18. The summed E-state index contributed by atoms with van der Waals surface area (Å²) in [6.45, 7) is 1.76. The van der Waals surface area contributed by atoms with E-state index in [1.54, 1.807) is 42.8 Å². The molecule has 0 saturated heterocycles. The van der Waals surface area contributed by atoms with Crippen LogP contribution in [0, 0.1) is 0 Å². The Kier molecular flexibility index (Phi) is 5.92. The number of methoxy groups -OCH3 is 1. The number of hydrogen-bond acceptors (Lipinski definition) is 6. The molecule has 0 saturated carbocycles. The second-order valence-electron chi connectivity index (χ2n) is 5.51. The Morgan fingerprint density at radius 1 is 1.30 bits per heavy atom. The van der Waals surface area contributed by atoms with Gasteiger partial charge >= 0.3 is 0 Å². The quantitative estimate of drug-likeness (QED) is 0.591. The number of hydrogen-bond donors (Lipinski definition) is 2. The van der Waals surface area contributed by atoms with Gasteiger partial charge in [-0.2, -0.15) is 0 Å². The van der Waals surface area contributed by atoms with Crippen LogP contribution < -0.4 is 15.4 Å². The van der Waals surface area contributed by atoms with Crippen molar-refractivity contribution in [2.45, 2.75) is 13.5 Å². The minimum atomic E-state index is -0.299. The molecule has 2 amide bonds. The third kappa shape index (κ3) is 4.75. The lowest BCUT2D eigenvalue weighted by molar-refractivity contribution is -0.119. The minimum Gasteiger partial charge on any atom is -0.497 e. The first-order valence-electron chi connectivity index (χ1n) is 7.90. The van der Waals surface area contributed by atoms with E-state index in [4.69, 9.17) is 9.15 Å². The topological polar surface area (TPSA) is 93.5 Å². The molecule has 0 radical (unpaired) electrons. The molecule has 7 nitrogen and oxygen atoms in total. The largest absolute Gasteiger partial charge is 0.497 e. The van der Waals surface area contributed by atoms with E-state index in [0.717, 1.165) is 0 Å². The first kappa shape index (κ1) is 19.1. The average Bonchev–Trinajstić information content (AvgIpc) is 3.29. The van der Waals surface area contributed by atoms with Crippen molar-refractivity contribution in [1.82, 2.24) is 10.3 Å². The molecule has 0 spiro atoms. The van der Waals surface area contributed by atoms with Crippen LogP contribution in [0.3, 0.4) is 0 Å². The fourth-order valence-electron chi connectivity index (χ4n) is 2.24. The Balaban J connectivity index is 1.71. The molecular formula is C18H16BrN3O4S. The van der Waals surface area contributed by atoms with Crippen molar-refractivity contribution in [3.8, 4) is 17.2 Å². The van der Waals surface area contributed by atoms with Crippen molar-refractivity contribution in [3.05, 3.63) is 51.5 Å². The highest BCUT2D eigenvalue weighted by Crippen LogP contribution is 2.28. The SMILES string of the molecule is COc1ccc(Br)c(C(=O)Nc2nc(-c3ccc(CNC(C)=O)o3)cs2)c1. The van der Waals surface area contributed by atoms with Gasteiger partial charge in [-0.1, -0.05) is 0 Å². The molecule has 0 aliphatic carbocycles. The van der Waals surface area contributed by atoms with E-state index >= 15 is 0 Å². The molecule has 0 aliphatic rings. The summed E-state index contributed by atoms with van der Waals surface area (Å²) in [6.07, 6.45) is 0. The molecule has 0 bridgehead atoms. The van der Waals surface area contributed by atoms with Gasteiger partial charge in [0.2, 0.25) is 5.91 Å². The maximum absolute atomic E-state index is 12.5. The highest BCUT2D eigenvalue weighted by atomic mass is 79.9. The van der Waals surface area contributed by atoms with E-state index in [-0.39, 0.29) is 11.8 Å². The smallest absolute Gasteiger partial charge is 0.258 e. The number of anilines is 1. The van der Waals surface area contributed by atoms with Gasteiger partial charge in [-0.25, -0.2) is 4.98 Å². The van der Waals surface area contributed by atoms with Crippen molar-refractivity contribution in [2.75, 3.05) is 12.4 Å². The van der Waals surface area contributed by atoms with E-state index in [2.05, 4.69) is 31.5 Å². The maximum atomic E-state index is 12.5. The molecule has 3 aromatic rings. The maximum Gasteiger partial charge on any atom is 0.258 e. The van der Waals surface area contributed by atoms with E-state index in [9.17, 15) is 9.59 Å². The highest BCUT2D eigenvalue weighted by molar-refractivity contribution is 9.10. The third-order valence-electron chi connectivity index (χ3n) is 3.57. The Morgan fingerprint density at radius 3 is 2.85 bits per heavy atom. The van der Waals surface area contributed by atoms with Gasteiger partial charge in [0.25, 0.3) is 5.91 Å². The number of benzene rings is 1. The number of thiazole rings is 1. The highest BCUT2D eigenvalue weighted by Gasteiger charge is 2.15. The van der Waals surface area contributed by atoms with Crippen LogP contribution in [0.4, 0.5) is 5.13 Å². The van der Waals surface area contributed by atoms with Crippen LogP contribution in [0.25, 0.3) is 11.5 Å². The number of amides is 2. The molecule has 0 atom stereocenters. The molecule has 140 valence electrons. The zero-order valence-electron chi connectivity index (χ0n) is 14.5. The molecule has 9 heteroatoms. The normalized spacial score (nSPS) is 10.5. The van der Waals surface area contributed by atoms with Crippen LogP contribution >= 0.6 is 27.3 Å². The van der Waals surface area contributed by atoms with E-state index < -0.39 is 0 Å². The van der Waals surface area contributed by atoms with Gasteiger partial charge < -0.3 is 14.5 Å². The van der Waals surface area contributed by atoms with Crippen LogP contribution in [0.5, 0.6) is 5.75 Å². The summed E-state index contributed by atoms with van der Waals surface area (Å²) < 4.78 is 11.5. The van der Waals surface area contributed by atoms with E-state index in [1.165, 1.54) is 18.3 Å². The summed E-state index contributed by atoms with van der Waals surface area (Å²) in [4.78, 5) is 27.9. The predicted molar refractivity (Wildman–Crippen MR) is 106 cm³/mol. The van der Waals surface area contributed by atoms with Crippen LogP contribution in [0.2, 0.25) is 0 Å². The number of rotatable bonds is 6. The first-order chi connectivity index (χ1) is 13.0. The summed E-state index contributed by atoms with van der Waals surface area (Å²) in [5.41, 5.74) is 1.05. The molecular weight excluding hydrogens is 434 g/mol. The average molecular weight is 450 g/mol. The van der Waals surface area contributed by atoms with Gasteiger partial charge in [-0.15, -0.1) is 11.3 Å². The zero-order valence-corrected chi connectivity index (χ0v) is 16.9. The molecule has 0 aliphatic heterocycles. The second kappa shape index (κ2) is 8.36. The number of nitrogens with one attached hydrogen (secondary N) is 2. The van der Waals surface area contributed by atoms with Crippen LogP contribution in [-0.4, -0.2) is 23.9 Å². The van der Waals surface area contributed by atoms with Crippen molar-refractivity contribution in [1.29, 1.82) is 0 Å². The number of carbonyl (C=O) groups excluding carboxylic acids is 2. The summed E-state index contributed by atoms with van der Waals surface area (Å²) in [5.74, 6) is 1.35. The van der Waals surface area contributed by atoms with Gasteiger partial charge in [-0.05, 0) is 46.3 Å².